The first-order valence-electron chi connectivity index (χ1n) is 32.4. The molecule has 14 heteroatoms. The van der Waals surface area contributed by atoms with Gasteiger partial charge in [0.1, 0.15) is 48.8 Å². The van der Waals surface area contributed by atoms with Gasteiger partial charge in [0.2, 0.25) is 5.91 Å². The average molecular weight is 1120 g/mol. The van der Waals surface area contributed by atoms with E-state index >= 15 is 0 Å². The molecule has 2 saturated heterocycles. The topological polar surface area (TPSA) is 228 Å². The molecule has 0 radical (unpaired) electrons. The van der Waals surface area contributed by atoms with Gasteiger partial charge in [-0.25, -0.2) is 0 Å². The highest BCUT2D eigenvalue weighted by atomic mass is 16.7. The molecule has 2 aliphatic heterocycles. The number of hydrogen-bond acceptors (Lipinski definition) is 13. The number of ether oxygens (including phenoxy) is 4. The quantitative estimate of drug-likeness (QED) is 0.0204. The molecule has 2 rings (SSSR count). The third kappa shape index (κ3) is 35.6. The maximum absolute atomic E-state index is 13.2. The SMILES string of the molecule is CCCC/C=C/CC/C=C/C(O)C(COC1OC(CO)C(OC2OC(CO)C(O)C(O)C2O)C(O)C1O)NC(=O)CCCCCCCCCCCCCCCCCCCCCCCCCCC/C=C\C/C=C\CCCCCCC. The van der Waals surface area contributed by atoms with E-state index < -0.39 is 86.8 Å². The minimum Gasteiger partial charge on any atom is -0.394 e. The average Bonchev–Trinajstić information content (AvgIpc) is 3.54. The van der Waals surface area contributed by atoms with Crippen molar-refractivity contribution in [2.24, 2.45) is 0 Å². The highest BCUT2D eigenvalue weighted by molar-refractivity contribution is 5.76. The Bertz CT molecular complexity index is 1510. The minimum absolute atomic E-state index is 0.250. The fourth-order valence-electron chi connectivity index (χ4n) is 10.5. The van der Waals surface area contributed by atoms with Crippen molar-refractivity contribution in [1.29, 1.82) is 0 Å². The molecule has 2 aliphatic rings. The summed E-state index contributed by atoms with van der Waals surface area (Å²) in [7, 11) is 0. The first-order valence-corrected chi connectivity index (χ1v) is 32.4. The summed E-state index contributed by atoms with van der Waals surface area (Å²) < 4.78 is 22.7. The van der Waals surface area contributed by atoms with Crippen molar-refractivity contribution in [1.82, 2.24) is 5.32 Å². The van der Waals surface area contributed by atoms with Crippen molar-refractivity contribution >= 4 is 5.91 Å². The van der Waals surface area contributed by atoms with E-state index in [9.17, 15) is 45.6 Å². The first kappa shape index (κ1) is 73.1. The summed E-state index contributed by atoms with van der Waals surface area (Å²) in [5, 5.41) is 86.7. The number of aliphatic hydroxyl groups excluding tert-OH is 8. The van der Waals surface area contributed by atoms with Crippen LogP contribution in [-0.4, -0.2) is 140 Å². The van der Waals surface area contributed by atoms with E-state index in [4.69, 9.17) is 18.9 Å². The number of amides is 1. The van der Waals surface area contributed by atoms with Crippen molar-refractivity contribution in [2.45, 2.75) is 338 Å². The van der Waals surface area contributed by atoms with Crippen LogP contribution in [0.4, 0.5) is 0 Å². The second-order valence-corrected chi connectivity index (χ2v) is 22.9. The maximum atomic E-state index is 13.2. The van der Waals surface area contributed by atoms with Gasteiger partial charge in [0.25, 0.3) is 0 Å². The van der Waals surface area contributed by atoms with Gasteiger partial charge in [0.15, 0.2) is 12.6 Å². The monoisotopic (exact) mass is 1120 g/mol. The second-order valence-electron chi connectivity index (χ2n) is 22.9. The number of carbonyl (C=O) groups excluding carboxylic acids is 1. The molecule has 12 unspecified atom stereocenters. The Kier molecular flexibility index (Phi) is 46.7. The lowest BCUT2D eigenvalue weighted by Crippen LogP contribution is -2.65. The molecule has 0 saturated carbocycles. The number of allylic oxidation sites excluding steroid dienone is 7. The van der Waals surface area contributed by atoms with Crippen LogP contribution in [0.3, 0.4) is 0 Å². The molecule has 0 aromatic heterocycles. The van der Waals surface area contributed by atoms with Crippen LogP contribution in [0, 0.1) is 0 Å². The molecule has 462 valence electrons. The Labute approximate surface area is 480 Å². The van der Waals surface area contributed by atoms with Gasteiger partial charge in [-0.1, -0.05) is 249 Å². The molecule has 14 nitrogen and oxygen atoms in total. The van der Waals surface area contributed by atoms with Crippen LogP contribution in [0.2, 0.25) is 0 Å². The van der Waals surface area contributed by atoms with E-state index in [1.54, 1.807) is 6.08 Å². The summed E-state index contributed by atoms with van der Waals surface area (Å²) >= 11 is 0. The largest absolute Gasteiger partial charge is 0.394 e. The van der Waals surface area contributed by atoms with Gasteiger partial charge in [0, 0.05) is 6.42 Å². The zero-order valence-electron chi connectivity index (χ0n) is 49.9. The van der Waals surface area contributed by atoms with Gasteiger partial charge in [-0.15, -0.1) is 0 Å². The predicted octanol–water partition coefficient (Wildman–Crippen LogP) is 12.0. The predicted molar refractivity (Wildman–Crippen MR) is 318 cm³/mol. The van der Waals surface area contributed by atoms with Crippen molar-refractivity contribution in [2.75, 3.05) is 19.8 Å². The lowest BCUT2D eigenvalue weighted by molar-refractivity contribution is -0.359. The van der Waals surface area contributed by atoms with Crippen molar-refractivity contribution < 1.29 is 64.6 Å². The molecule has 0 aromatic carbocycles. The minimum atomic E-state index is -1.79. The van der Waals surface area contributed by atoms with Crippen LogP contribution < -0.4 is 5.32 Å². The number of nitrogens with one attached hydrogen (secondary N) is 1. The molecule has 79 heavy (non-hydrogen) atoms. The Morgan fingerprint density at radius 1 is 0.456 bits per heavy atom. The van der Waals surface area contributed by atoms with Crippen LogP contribution >= 0.6 is 0 Å². The van der Waals surface area contributed by atoms with Gasteiger partial charge in [-0.05, 0) is 57.8 Å². The molecule has 9 N–H and O–H groups in total. The lowest BCUT2D eigenvalue weighted by Gasteiger charge is -2.46. The van der Waals surface area contributed by atoms with Crippen LogP contribution in [0.5, 0.6) is 0 Å². The molecule has 0 spiro atoms. The number of aliphatic hydroxyl groups is 8. The highest BCUT2D eigenvalue weighted by Crippen LogP contribution is 2.30. The number of carbonyl (C=O) groups is 1. The molecular weight excluding hydrogens is 1000 g/mol. The van der Waals surface area contributed by atoms with Crippen LogP contribution in [0.25, 0.3) is 0 Å². The van der Waals surface area contributed by atoms with E-state index in [0.29, 0.717) is 12.8 Å². The third-order valence-corrected chi connectivity index (χ3v) is 15.7. The summed E-state index contributed by atoms with van der Waals surface area (Å²) in [6.45, 7) is 2.69. The zero-order chi connectivity index (χ0) is 57.4. The van der Waals surface area contributed by atoms with Gasteiger partial charge < -0.3 is 65.1 Å². The number of rotatable bonds is 52. The molecular formula is C65H119NO13. The fourth-order valence-corrected chi connectivity index (χ4v) is 10.5. The van der Waals surface area contributed by atoms with E-state index in [2.05, 4.69) is 55.6 Å². The maximum Gasteiger partial charge on any atom is 0.220 e. The second kappa shape index (κ2) is 50.5. The molecule has 2 fully saturated rings. The van der Waals surface area contributed by atoms with Gasteiger partial charge >= 0.3 is 0 Å². The summed E-state index contributed by atoms with van der Waals surface area (Å²) in [6.07, 6.45) is 48.1. The van der Waals surface area contributed by atoms with Crippen LogP contribution in [0.15, 0.2) is 48.6 Å². The Morgan fingerprint density at radius 3 is 1.35 bits per heavy atom. The Balaban J connectivity index is 1.52. The van der Waals surface area contributed by atoms with Crippen molar-refractivity contribution in [3.8, 4) is 0 Å². The molecule has 1 amide bonds. The molecule has 0 aliphatic carbocycles. The molecule has 0 bridgehead atoms. The summed E-state index contributed by atoms with van der Waals surface area (Å²) in [4.78, 5) is 13.2. The summed E-state index contributed by atoms with van der Waals surface area (Å²) in [5.74, 6) is -0.250. The Hall–Kier alpha value is -2.05. The van der Waals surface area contributed by atoms with Crippen LogP contribution in [-0.2, 0) is 23.7 Å². The normalized spacial score (nSPS) is 24.7. The van der Waals surface area contributed by atoms with E-state index in [0.717, 1.165) is 51.4 Å². The number of unbranched alkanes of at least 4 members (excludes halogenated alkanes) is 33. The van der Waals surface area contributed by atoms with Crippen LogP contribution in [0.1, 0.15) is 264 Å². The molecule has 12 atom stereocenters. The molecule has 0 aromatic rings. The van der Waals surface area contributed by atoms with E-state index in [1.165, 1.54) is 180 Å². The van der Waals surface area contributed by atoms with E-state index in [-0.39, 0.29) is 18.9 Å². The van der Waals surface area contributed by atoms with E-state index in [1.807, 2.05) is 6.08 Å². The number of hydrogen-bond donors (Lipinski definition) is 9. The highest BCUT2D eigenvalue weighted by Gasteiger charge is 2.51. The Morgan fingerprint density at radius 2 is 0.861 bits per heavy atom. The summed E-state index contributed by atoms with van der Waals surface area (Å²) in [6, 6.07) is -0.928. The fraction of sp³-hybridized carbons (Fsp3) is 0.862. The van der Waals surface area contributed by atoms with Crippen molar-refractivity contribution in [3.63, 3.8) is 0 Å². The van der Waals surface area contributed by atoms with Gasteiger partial charge in [0.05, 0.1) is 32.0 Å². The first-order chi connectivity index (χ1) is 38.6. The van der Waals surface area contributed by atoms with Crippen molar-refractivity contribution in [3.05, 3.63) is 48.6 Å². The lowest BCUT2D eigenvalue weighted by atomic mass is 9.97. The smallest absolute Gasteiger partial charge is 0.220 e. The van der Waals surface area contributed by atoms with Gasteiger partial charge in [-0.3, -0.25) is 4.79 Å². The summed E-state index contributed by atoms with van der Waals surface area (Å²) in [5.41, 5.74) is 0. The van der Waals surface area contributed by atoms with Gasteiger partial charge in [-0.2, -0.15) is 0 Å². The molecule has 2 heterocycles. The third-order valence-electron chi connectivity index (χ3n) is 15.7. The standard InChI is InChI=1S/C65H119NO13/c1-3-5-7-9-11-13-14-15-16-17-18-19-20-21-22-23-24-25-26-27-28-29-30-31-32-33-34-35-36-37-38-39-40-41-43-45-47-49-57(70)66-53(54(69)48-46-44-42-12-10-8-6-4-2)52-76-64-62(75)60(73)63(56(51-68)78-64)79-65-61(74)59(72)58(71)55(50-67)77-65/h10,12,14-15,17-18,46,48,53-56,58-65,67-69,71-75H,3-9,11,13,16,19-45,47,49-52H2,1-2H3,(H,66,70)/b12-10+,15-14-,18-17-,48-46+. The zero-order valence-corrected chi connectivity index (χ0v) is 49.9.